The van der Waals surface area contributed by atoms with Crippen molar-refractivity contribution in [2.75, 3.05) is 6.61 Å². The molecule has 4 rings (SSSR count). The van der Waals surface area contributed by atoms with Gasteiger partial charge in [-0.3, -0.25) is 4.98 Å². The molecule has 2 heterocycles. The number of ether oxygens (including phenoxy) is 1. The summed E-state index contributed by atoms with van der Waals surface area (Å²) in [5.41, 5.74) is 5.66. The number of aromatic hydroxyl groups is 1. The molecule has 0 saturated carbocycles. The molecule has 0 radical (unpaired) electrons. The summed E-state index contributed by atoms with van der Waals surface area (Å²) in [5.74, 6) is 0.302. The lowest BCUT2D eigenvalue weighted by Gasteiger charge is -2.18. The second-order valence-electron chi connectivity index (χ2n) is 7.98. The van der Waals surface area contributed by atoms with Crippen molar-refractivity contribution in [2.24, 2.45) is 0 Å². The third-order valence-electron chi connectivity index (χ3n) is 5.84. The molecule has 1 aliphatic rings. The van der Waals surface area contributed by atoms with Crippen LogP contribution in [0.2, 0.25) is 0 Å². The van der Waals surface area contributed by atoms with Gasteiger partial charge in [-0.05, 0) is 71.2 Å². The van der Waals surface area contributed by atoms with E-state index < -0.39 is 0 Å². The molecule has 3 nitrogen and oxygen atoms in total. The van der Waals surface area contributed by atoms with Crippen molar-refractivity contribution in [3.05, 3.63) is 95.9 Å². The highest BCUT2D eigenvalue weighted by Crippen LogP contribution is 2.33. The van der Waals surface area contributed by atoms with E-state index in [4.69, 9.17) is 4.74 Å². The molecule has 0 saturated heterocycles. The molecule has 1 N–H and O–H groups in total. The van der Waals surface area contributed by atoms with Crippen LogP contribution < -0.4 is 0 Å². The Labute approximate surface area is 184 Å². The molecule has 1 aliphatic heterocycles. The van der Waals surface area contributed by atoms with Gasteiger partial charge in [-0.15, -0.1) is 0 Å². The van der Waals surface area contributed by atoms with Gasteiger partial charge in [-0.25, -0.2) is 0 Å². The Hall–Kier alpha value is -3.17. The minimum absolute atomic E-state index is 0.0859. The monoisotopic (exact) mass is 411 g/mol. The van der Waals surface area contributed by atoms with Gasteiger partial charge in [-0.1, -0.05) is 62.4 Å². The number of phenolic OH excluding ortho intramolecular Hbond substituents is 1. The zero-order chi connectivity index (χ0) is 21.6. The van der Waals surface area contributed by atoms with Gasteiger partial charge in [-0.2, -0.15) is 0 Å². The maximum atomic E-state index is 10.3. The molecule has 0 amide bonds. The second kappa shape index (κ2) is 9.76. The summed E-state index contributed by atoms with van der Waals surface area (Å²) >= 11 is 0. The number of hydrogen-bond acceptors (Lipinski definition) is 3. The minimum Gasteiger partial charge on any atom is -0.507 e. The fourth-order valence-electron chi connectivity index (χ4n) is 4.27. The summed E-state index contributed by atoms with van der Waals surface area (Å²) in [5, 5.41) is 12.1. The average Bonchev–Trinajstić information content (AvgIpc) is 3.28. The predicted molar refractivity (Wildman–Crippen MR) is 129 cm³/mol. The minimum atomic E-state index is 0.0859. The van der Waals surface area contributed by atoms with Crippen molar-refractivity contribution in [2.45, 2.75) is 38.7 Å². The molecule has 0 fully saturated rings. The Bertz CT molecular complexity index is 1130. The summed E-state index contributed by atoms with van der Waals surface area (Å²) in [6.07, 6.45) is 10.1. The van der Waals surface area contributed by atoms with Gasteiger partial charge in [0.2, 0.25) is 0 Å². The maximum absolute atomic E-state index is 10.3. The Kier molecular flexibility index (Phi) is 6.63. The second-order valence-corrected chi connectivity index (χ2v) is 7.98. The van der Waals surface area contributed by atoms with E-state index in [-0.39, 0.29) is 6.10 Å². The first-order valence-corrected chi connectivity index (χ1v) is 11.0. The molecule has 3 aromatic rings. The SMILES string of the molecule is C=C(CCC)C1=CCOC1CC/C(=C/c1ccc(O)c2ccccc12)c1ccccn1. The van der Waals surface area contributed by atoms with Crippen LogP contribution >= 0.6 is 0 Å². The van der Waals surface area contributed by atoms with Crippen molar-refractivity contribution in [1.29, 1.82) is 0 Å². The molecule has 1 atom stereocenters. The molecule has 1 aromatic heterocycles. The third kappa shape index (κ3) is 4.78. The quantitative estimate of drug-likeness (QED) is 0.436. The molecule has 3 heteroatoms. The first-order valence-electron chi connectivity index (χ1n) is 11.0. The summed E-state index contributed by atoms with van der Waals surface area (Å²) < 4.78 is 6.02. The molecular formula is C28H29NO2. The van der Waals surface area contributed by atoms with Gasteiger partial charge >= 0.3 is 0 Å². The molecular weight excluding hydrogens is 382 g/mol. The summed E-state index contributed by atoms with van der Waals surface area (Å²) in [6.45, 7) is 7.11. The van der Waals surface area contributed by atoms with Crippen molar-refractivity contribution in [3.63, 3.8) is 0 Å². The number of rotatable bonds is 8. The Morgan fingerprint density at radius 3 is 2.68 bits per heavy atom. The van der Waals surface area contributed by atoms with Gasteiger partial charge in [0.15, 0.2) is 0 Å². The van der Waals surface area contributed by atoms with E-state index in [1.807, 2.05) is 48.7 Å². The highest BCUT2D eigenvalue weighted by molar-refractivity contribution is 5.98. The number of pyridine rings is 1. The highest BCUT2D eigenvalue weighted by atomic mass is 16.5. The van der Waals surface area contributed by atoms with Crippen LogP contribution in [0.15, 0.2) is 84.6 Å². The molecule has 0 spiro atoms. The van der Waals surface area contributed by atoms with Gasteiger partial charge in [0, 0.05) is 11.6 Å². The van der Waals surface area contributed by atoms with Crippen LogP contribution in [-0.4, -0.2) is 22.8 Å². The van der Waals surface area contributed by atoms with Crippen LogP contribution in [0.1, 0.15) is 43.9 Å². The van der Waals surface area contributed by atoms with Crippen LogP contribution in [0.25, 0.3) is 22.4 Å². The first-order chi connectivity index (χ1) is 15.2. The molecule has 158 valence electrons. The number of nitrogens with zero attached hydrogens (tertiary/aromatic N) is 1. The zero-order valence-corrected chi connectivity index (χ0v) is 18.1. The van der Waals surface area contributed by atoms with Crippen molar-refractivity contribution in [1.82, 2.24) is 4.98 Å². The van der Waals surface area contributed by atoms with E-state index >= 15 is 0 Å². The van der Waals surface area contributed by atoms with Crippen molar-refractivity contribution in [3.8, 4) is 5.75 Å². The fourth-order valence-corrected chi connectivity index (χ4v) is 4.27. The lowest BCUT2D eigenvalue weighted by Crippen LogP contribution is -2.12. The van der Waals surface area contributed by atoms with Crippen molar-refractivity contribution >= 4 is 22.4 Å². The third-order valence-corrected chi connectivity index (χ3v) is 5.84. The lowest BCUT2D eigenvalue weighted by molar-refractivity contribution is 0.117. The van der Waals surface area contributed by atoms with Crippen LogP contribution in [0, 0.1) is 0 Å². The number of hydrogen-bond donors (Lipinski definition) is 1. The van der Waals surface area contributed by atoms with E-state index in [9.17, 15) is 5.11 Å². The number of phenols is 1. The molecule has 0 aliphatic carbocycles. The largest absolute Gasteiger partial charge is 0.507 e. The van der Waals surface area contributed by atoms with E-state index in [2.05, 4.69) is 36.7 Å². The Morgan fingerprint density at radius 2 is 1.90 bits per heavy atom. The number of aromatic nitrogens is 1. The van der Waals surface area contributed by atoms with Crippen LogP contribution in [0.3, 0.4) is 0 Å². The molecule has 2 aromatic carbocycles. The smallest absolute Gasteiger partial charge is 0.123 e. The molecule has 1 unspecified atom stereocenters. The normalized spacial score (nSPS) is 16.5. The number of fused-ring (bicyclic) bond motifs is 1. The summed E-state index contributed by atoms with van der Waals surface area (Å²) in [4.78, 5) is 4.61. The van der Waals surface area contributed by atoms with Gasteiger partial charge in [0.25, 0.3) is 0 Å². The summed E-state index contributed by atoms with van der Waals surface area (Å²) in [6, 6.07) is 17.7. The van der Waals surface area contributed by atoms with Crippen LogP contribution in [-0.2, 0) is 4.74 Å². The Morgan fingerprint density at radius 1 is 1.10 bits per heavy atom. The lowest BCUT2D eigenvalue weighted by atomic mass is 9.93. The number of allylic oxidation sites excluding steroid dienone is 1. The zero-order valence-electron chi connectivity index (χ0n) is 18.1. The van der Waals surface area contributed by atoms with Gasteiger partial charge < -0.3 is 9.84 Å². The predicted octanol–water partition coefficient (Wildman–Crippen LogP) is 6.94. The van der Waals surface area contributed by atoms with Gasteiger partial charge in [0.05, 0.1) is 18.4 Å². The van der Waals surface area contributed by atoms with Gasteiger partial charge in [0.1, 0.15) is 5.75 Å². The van der Waals surface area contributed by atoms with Crippen LogP contribution in [0.5, 0.6) is 5.75 Å². The number of benzene rings is 2. The Balaban J connectivity index is 1.65. The maximum Gasteiger partial charge on any atom is 0.123 e. The highest BCUT2D eigenvalue weighted by Gasteiger charge is 2.22. The van der Waals surface area contributed by atoms with E-state index in [0.717, 1.165) is 53.3 Å². The molecule has 31 heavy (non-hydrogen) atoms. The standard InChI is InChI=1S/C28H29NO2/c1-3-8-20(2)23-16-18-31-28(23)15-13-22(26-11-6-7-17-29-26)19-21-12-14-27(30)25-10-5-4-9-24(21)25/h4-7,9-12,14,16-17,19,28,30H,2-3,8,13,15,18H2,1H3/b22-19-. The first kappa shape index (κ1) is 21.1. The molecule has 0 bridgehead atoms. The van der Waals surface area contributed by atoms with Crippen molar-refractivity contribution < 1.29 is 9.84 Å². The topological polar surface area (TPSA) is 42.4 Å². The fraction of sp³-hybridized carbons (Fsp3) is 0.250. The van der Waals surface area contributed by atoms with Crippen LogP contribution in [0.4, 0.5) is 0 Å². The van der Waals surface area contributed by atoms with E-state index in [1.54, 1.807) is 6.07 Å². The summed E-state index contributed by atoms with van der Waals surface area (Å²) in [7, 11) is 0. The van der Waals surface area contributed by atoms with E-state index in [1.165, 1.54) is 11.1 Å². The van der Waals surface area contributed by atoms with E-state index in [0.29, 0.717) is 12.4 Å². The average molecular weight is 412 g/mol.